The van der Waals surface area contributed by atoms with Gasteiger partial charge in [0, 0.05) is 19.7 Å². The average Bonchev–Trinajstić information content (AvgIpc) is 2.49. The van der Waals surface area contributed by atoms with Gasteiger partial charge in [0.15, 0.2) is 0 Å². The molecule has 1 fully saturated rings. The molecule has 1 aromatic rings. The third-order valence-electron chi connectivity index (χ3n) is 4.03. The highest BCUT2D eigenvalue weighted by Gasteiger charge is 2.30. The van der Waals surface area contributed by atoms with Gasteiger partial charge in [0.1, 0.15) is 5.69 Å². The smallest absolute Gasteiger partial charge is 0.274 e. The summed E-state index contributed by atoms with van der Waals surface area (Å²) in [7, 11) is 1.69. The lowest BCUT2D eigenvalue weighted by atomic mass is 9.91. The number of hydrogen-bond donors (Lipinski definition) is 1. The van der Waals surface area contributed by atoms with Crippen LogP contribution in [-0.4, -0.2) is 44.9 Å². The van der Waals surface area contributed by atoms with Crippen molar-refractivity contribution in [3.63, 3.8) is 0 Å². The van der Waals surface area contributed by atoms with E-state index in [0.717, 1.165) is 32.1 Å². The van der Waals surface area contributed by atoms with Crippen molar-refractivity contribution in [3.05, 3.63) is 28.2 Å². The zero-order valence-corrected chi connectivity index (χ0v) is 12.7. The number of amides is 1. The van der Waals surface area contributed by atoms with E-state index in [1.54, 1.807) is 11.9 Å². The molecule has 0 aromatic carbocycles. The molecule has 1 aliphatic rings. The minimum Gasteiger partial charge on any atom is -0.391 e. The van der Waals surface area contributed by atoms with E-state index in [-0.39, 0.29) is 23.2 Å². The van der Waals surface area contributed by atoms with Crippen molar-refractivity contribution >= 4 is 5.91 Å². The van der Waals surface area contributed by atoms with Crippen molar-refractivity contribution in [2.24, 2.45) is 0 Å². The highest BCUT2D eigenvalue weighted by atomic mass is 16.3. The van der Waals surface area contributed by atoms with E-state index in [0.29, 0.717) is 6.54 Å². The van der Waals surface area contributed by atoms with Gasteiger partial charge in [-0.05, 0) is 25.3 Å². The van der Waals surface area contributed by atoms with E-state index in [1.165, 1.54) is 16.8 Å². The third-order valence-corrected chi connectivity index (χ3v) is 4.03. The van der Waals surface area contributed by atoms with Gasteiger partial charge in [-0.15, -0.1) is 0 Å². The van der Waals surface area contributed by atoms with Crippen LogP contribution in [-0.2, 0) is 6.54 Å². The van der Waals surface area contributed by atoms with E-state index < -0.39 is 6.10 Å². The zero-order valence-electron chi connectivity index (χ0n) is 12.7. The Balaban J connectivity index is 2.18. The molecule has 1 heterocycles. The topological polar surface area (TPSA) is 75.4 Å². The fourth-order valence-electron chi connectivity index (χ4n) is 2.81. The van der Waals surface area contributed by atoms with Gasteiger partial charge in [0.2, 0.25) is 0 Å². The van der Waals surface area contributed by atoms with Crippen molar-refractivity contribution in [1.29, 1.82) is 0 Å². The van der Waals surface area contributed by atoms with Crippen LogP contribution in [0.15, 0.2) is 16.9 Å². The third kappa shape index (κ3) is 3.50. The van der Waals surface area contributed by atoms with Gasteiger partial charge in [0.25, 0.3) is 11.5 Å². The summed E-state index contributed by atoms with van der Waals surface area (Å²) in [5.41, 5.74) is 0.0528. The number of aliphatic hydroxyl groups excluding tert-OH is 1. The number of aliphatic hydroxyl groups is 1. The molecule has 21 heavy (non-hydrogen) atoms. The largest absolute Gasteiger partial charge is 0.391 e. The molecule has 1 aromatic heterocycles. The van der Waals surface area contributed by atoms with Crippen LogP contribution < -0.4 is 5.56 Å². The predicted molar refractivity (Wildman–Crippen MR) is 79.1 cm³/mol. The molecular formula is C15H23N3O3. The first-order chi connectivity index (χ1) is 10.0. The van der Waals surface area contributed by atoms with E-state index in [1.807, 2.05) is 6.92 Å². The number of hydrogen-bond acceptors (Lipinski definition) is 4. The fraction of sp³-hybridized carbons (Fsp3) is 0.667. The monoisotopic (exact) mass is 293 g/mol. The first kappa shape index (κ1) is 15.7. The quantitative estimate of drug-likeness (QED) is 0.899. The molecule has 0 spiro atoms. The highest BCUT2D eigenvalue weighted by Crippen LogP contribution is 2.23. The van der Waals surface area contributed by atoms with Gasteiger partial charge in [-0.25, -0.2) is 4.68 Å². The maximum absolute atomic E-state index is 12.5. The second-order valence-corrected chi connectivity index (χ2v) is 5.62. The van der Waals surface area contributed by atoms with E-state index in [4.69, 9.17) is 0 Å². The van der Waals surface area contributed by atoms with Crippen molar-refractivity contribution < 1.29 is 9.90 Å². The Bertz CT molecular complexity index is 555. The summed E-state index contributed by atoms with van der Waals surface area (Å²) in [4.78, 5) is 25.7. The van der Waals surface area contributed by atoms with Crippen LogP contribution in [0.5, 0.6) is 0 Å². The van der Waals surface area contributed by atoms with E-state index >= 15 is 0 Å². The zero-order chi connectivity index (χ0) is 15.4. The van der Waals surface area contributed by atoms with Gasteiger partial charge in [-0.3, -0.25) is 9.59 Å². The van der Waals surface area contributed by atoms with Crippen molar-refractivity contribution in [1.82, 2.24) is 14.7 Å². The lowest BCUT2D eigenvalue weighted by molar-refractivity contribution is 0.0263. The average molecular weight is 293 g/mol. The van der Waals surface area contributed by atoms with Crippen molar-refractivity contribution in [2.45, 2.75) is 57.7 Å². The molecule has 2 unspecified atom stereocenters. The number of aromatic nitrogens is 2. The summed E-state index contributed by atoms with van der Waals surface area (Å²) in [6.07, 6.45) is 3.85. The van der Waals surface area contributed by atoms with Gasteiger partial charge >= 0.3 is 0 Å². The Hall–Kier alpha value is -1.69. The number of rotatable bonds is 4. The SMILES string of the molecule is CCCn1nc(C(=O)N(C)C2CCCCC2O)ccc1=O. The normalized spacial score (nSPS) is 22.0. The molecule has 0 radical (unpaired) electrons. The van der Waals surface area contributed by atoms with Crippen LogP contribution in [0.2, 0.25) is 0 Å². The maximum Gasteiger partial charge on any atom is 0.274 e. The van der Waals surface area contributed by atoms with E-state index in [9.17, 15) is 14.7 Å². The molecule has 6 nitrogen and oxygen atoms in total. The minimum atomic E-state index is -0.478. The number of nitrogens with zero attached hydrogens (tertiary/aromatic N) is 3. The van der Waals surface area contributed by atoms with Gasteiger partial charge in [-0.2, -0.15) is 5.10 Å². The van der Waals surface area contributed by atoms with Crippen molar-refractivity contribution in [3.8, 4) is 0 Å². The number of aryl methyl sites for hydroxylation is 1. The molecule has 1 saturated carbocycles. The minimum absolute atomic E-state index is 0.167. The molecule has 0 bridgehead atoms. The lowest BCUT2D eigenvalue weighted by Crippen LogP contribution is -2.46. The predicted octanol–water partition coefficient (Wildman–Crippen LogP) is 1.03. The first-order valence-corrected chi connectivity index (χ1v) is 7.58. The van der Waals surface area contributed by atoms with Crippen LogP contribution in [0.25, 0.3) is 0 Å². The summed E-state index contributed by atoms with van der Waals surface area (Å²) in [5, 5.41) is 14.2. The summed E-state index contributed by atoms with van der Waals surface area (Å²) in [6, 6.07) is 2.67. The molecule has 0 aliphatic heterocycles. The molecular weight excluding hydrogens is 270 g/mol. The number of likely N-dealkylation sites (N-methyl/N-ethyl adjacent to an activating group) is 1. The molecule has 6 heteroatoms. The Labute approximate surface area is 124 Å². The highest BCUT2D eigenvalue weighted by molar-refractivity contribution is 5.92. The molecule has 2 rings (SSSR count). The Morgan fingerprint density at radius 2 is 2.14 bits per heavy atom. The Morgan fingerprint density at radius 1 is 1.43 bits per heavy atom. The fourth-order valence-corrected chi connectivity index (χ4v) is 2.81. The Morgan fingerprint density at radius 3 is 2.81 bits per heavy atom. The standard InChI is InChI=1S/C15H23N3O3/c1-3-10-18-14(20)9-8-11(16-18)15(21)17(2)12-6-4-5-7-13(12)19/h8-9,12-13,19H,3-7,10H2,1-2H3. The van der Waals surface area contributed by atoms with Crippen molar-refractivity contribution in [2.75, 3.05) is 7.05 Å². The second-order valence-electron chi connectivity index (χ2n) is 5.62. The maximum atomic E-state index is 12.5. The first-order valence-electron chi connectivity index (χ1n) is 7.58. The lowest BCUT2D eigenvalue weighted by Gasteiger charge is -2.35. The van der Waals surface area contributed by atoms with Gasteiger partial charge < -0.3 is 10.0 Å². The summed E-state index contributed by atoms with van der Waals surface area (Å²) in [5.74, 6) is -0.245. The van der Waals surface area contributed by atoms with E-state index in [2.05, 4.69) is 5.10 Å². The summed E-state index contributed by atoms with van der Waals surface area (Å²) in [6.45, 7) is 2.45. The number of carbonyl (C=O) groups excluding carboxylic acids is 1. The molecule has 1 N–H and O–H groups in total. The number of carbonyl (C=O) groups is 1. The summed E-state index contributed by atoms with van der Waals surface area (Å²) < 4.78 is 1.32. The second kappa shape index (κ2) is 6.85. The molecule has 0 saturated heterocycles. The van der Waals surface area contributed by atoms with Gasteiger partial charge in [-0.1, -0.05) is 19.8 Å². The molecule has 2 atom stereocenters. The summed E-state index contributed by atoms with van der Waals surface area (Å²) >= 11 is 0. The van der Waals surface area contributed by atoms with Crippen LogP contribution in [0.4, 0.5) is 0 Å². The molecule has 1 amide bonds. The van der Waals surface area contributed by atoms with Crippen LogP contribution >= 0.6 is 0 Å². The van der Waals surface area contributed by atoms with Crippen LogP contribution in [0.1, 0.15) is 49.5 Å². The van der Waals surface area contributed by atoms with Crippen LogP contribution in [0.3, 0.4) is 0 Å². The van der Waals surface area contributed by atoms with Crippen LogP contribution in [0, 0.1) is 0 Å². The Kier molecular flexibility index (Phi) is 5.12. The molecule has 116 valence electrons. The molecule has 1 aliphatic carbocycles. The van der Waals surface area contributed by atoms with Gasteiger partial charge in [0.05, 0.1) is 12.1 Å².